The van der Waals surface area contributed by atoms with E-state index in [-0.39, 0.29) is 0 Å². The van der Waals surface area contributed by atoms with Crippen molar-refractivity contribution in [3.05, 3.63) is 30.1 Å². The topological polar surface area (TPSA) is 75.8 Å². The Morgan fingerprint density at radius 3 is 3.23 bits per heavy atom. The summed E-state index contributed by atoms with van der Waals surface area (Å²) in [6.45, 7) is 4.40. The van der Waals surface area contributed by atoms with Crippen molar-refractivity contribution >= 4 is 5.96 Å². The highest BCUT2D eigenvalue weighted by Crippen LogP contribution is 2.16. The highest BCUT2D eigenvalue weighted by atomic mass is 16.5. The Morgan fingerprint density at radius 2 is 2.45 bits per heavy atom. The number of methoxy groups -OCH3 is 1. The summed E-state index contributed by atoms with van der Waals surface area (Å²) in [5.74, 6) is 0.523. The monoisotopic (exact) mass is 305 g/mol. The minimum absolute atomic E-state index is 0.492. The van der Waals surface area contributed by atoms with E-state index >= 15 is 0 Å². The van der Waals surface area contributed by atoms with E-state index in [0.717, 1.165) is 44.9 Å². The van der Waals surface area contributed by atoms with E-state index in [0.29, 0.717) is 12.0 Å². The molecule has 0 bridgehead atoms. The average molecular weight is 305 g/mol. The molecule has 0 radical (unpaired) electrons. The Kier molecular flexibility index (Phi) is 7.12. The van der Waals surface area contributed by atoms with Crippen LogP contribution in [0.25, 0.3) is 0 Å². The molecule has 1 aliphatic heterocycles. The standard InChI is InChI=1S/C16H27N5O/c1-22-12-11-21-10-4-6-15(21)13-20-16(17)19-9-7-14-5-2-3-8-18-14/h2-3,5,8,15H,4,6-7,9-13H2,1H3,(H3,17,19,20). The third-order valence-corrected chi connectivity index (χ3v) is 3.97. The predicted molar refractivity (Wildman–Crippen MR) is 88.9 cm³/mol. The van der Waals surface area contributed by atoms with Gasteiger partial charge >= 0.3 is 0 Å². The largest absolute Gasteiger partial charge is 0.383 e. The molecule has 6 heteroatoms. The molecule has 1 aliphatic rings. The first-order chi connectivity index (χ1) is 10.8. The number of aliphatic imine (C=N–C) groups is 1. The van der Waals surface area contributed by atoms with Crippen molar-refractivity contribution < 1.29 is 4.74 Å². The molecular weight excluding hydrogens is 278 g/mol. The third kappa shape index (κ3) is 5.61. The van der Waals surface area contributed by atoms with Crippen LogP contribution in [0.4, 0.5) is 0 Å². The maximum atomic E-state index is 5.94. The zero-order chi connectivity index (χ0) is 15.6. The summed E-state index contributed by atoms with van der Waals surface area (Å²) in [5, 5.41) is 3.16. The first kappa shape index (κ1) is 16.7. The van der Waals surface area contributed by atoms with Crippen molar-refractivity contribution in [3.8, 4) is 0 Å². The lowest BCUT2D eigenvalue weighted by Crippen LogP contribution is -2.37. The van der Waals surface area contributed by atoms with E-state index in [1.165, 1.54) is 12.8 Å². The maximum absolute atomic E-state index is 5.94. The summed E-state index contributed by atoms with van der Waals surface area (Å²) in [5.41, 5.74) is 7.00. The second kappa shape index (κ2) is 9.38. The fourth-order valence-corrected chi connectivity index (χ4v) is 2.73. The SMILES string of the molecule is COCCN1CCCC1CN=C(N)NCCc1ccccn1. The van der Waals surface area contributed by atoms with Gasteiger partial charge in [-0.05, 0) is 31.5 Å². The first-order valence-corrected chi connectivity index (χ1v) is 7.96. The summed E-state index contributed by atoms with van der Waals surface area (Å²) in [7, 11) is 1.74. The molecule has 1 aromatic heterocycles. The van der Waals surface area contributed by atoms with E-state index in [9.17, 15) is 0 Å². The van der Waals surface area contributed by atoms with Crippen LogP contribution >= 0.6 is 0 Å². The molecule has 6 nitrogen and oxygen atoms in total. The average Bonchev–Trinajstić information content (AvgIpc) is 2.99. The van der Waals surface area contributed by atoms with Crippen LogP contribution in [0.3, 0.4) is 0 Å². The van der Waals surface area contributed by atoms with Crippen LogP contribution in [0, 0.1) is 0 Å². The van der Waals surface area contributed by atoms with Gasteiger partial charge in [0.2, 0.25) is 0 Å². The van der Waals surface area contributed by atoms with Crippen LogP contribution in [-0.2, 0) is 11.2 Å². The number of nitrogens with one attached hydrogen (secondary N) is 1. The normalized spacial score (nSPS) is 19.5. The van der Waals surface area contributed by atoms with Crippen molar-refractivity contribution in [1.82, 2.24) is 15.2 Å². The molecule has 0 saturated carbocycles. The molecule has 0 aliphatic carbocycles. The van der Waals surface area contributed by atoms with Crippen molar-refractivity contribution in [2.75, 3.05) is 39.9 Å². The molecule has 2 heterocycles. The van der Waals surface area contributed by atoms with Gasteiger partial charge < -0.3 is 15.8 Å². The molecule has 1 atom stereocenters. The number of likely N-dealkylation sites (tertiary alicyclic amines) is 1. The number of nitrogens with zero attached hydrogens (tertiary/aromatic N) is 3. The van der Waals surface area contributed by atoms with Gasteiger partial charge in [-0.3, -0.25) is 14.9 Å². The molecule has 1 unspecified atom stereocenters. The quantitative estimate of drug-likeness (QED) is 0.544. The summed E-state index contributed by atoms with van der Waals surface area (Å²) < 4.78 is 5.15. The molecule has 0 spiro atoms. The Bertz CT molecular complexity index is 451. The van der Waals surface area contributed by atoms with Gasteiger partial charge in [-0.2, -0.15) is 0 Å². The van der Waals surface area contributed by atoms with Gasteiger partial charge in [0.25, 0.3) is 0 Å². The number of aromatic nitrogens is 1. The first-order valence-electron chi connectivity index (χ1n) is 7.96. The number of nitrogens with two attached hydrogens (primary N) is 1. The lowest BCUT2D eigenvalue weighted by atomic mass is 10.2. The molecule has 1 saturated heterocycles. The van der Waals surface area contributed by atoms with E-state index in [2.05, 4.69) is 20.2 Å². The van der Waals surface area contributed by atoms with E-state index in [1.807, 2.05) is 24.4 Å². The number of pyridine rings is 1. The Balaban J connectivity index is 1.68. The van der Waals surface area contributed by atoms with Crippen molar-refractivity contribution in [2.45, 2.75) is 25.3 Å². The number of rotatable bonds is 8. The summed E-state index contributed by atoms with van der Waals surface area (Å²) >= 11 is 0. The molecule has 0 amide bonds. The molecule has 3 N–H and O–H groups in total. The van der Waals surface area contributed by atoms with Crippen LogP contribution in [-0.4, -0.2) is 61.8 Å². The van der Waals surface area contributed by atoms with Crippen LogP contribution in [0.1, 0.15) is 18.5 Å². The van der Waals surface area contributed by atoms with Crippen LogP contribution < -0.4 is 11.1 Å². The fourth-order valence-electron chi connectivity index (χ4n) is 2.73. The summed E-state index contributed by atoms with van der Waals surface area (Å²) in [6.07, 6.45) is 5.08. The van der Waals surface area contributed by atoms with E-state index in [1.54, 1.807) is 7.11 Å². The lowest BCUT2D eigenvalue weighted by Gasteiger charge is -2.22. The zero-order valence-corrected chi connectivity index (χ0v) is 13.4. The van der Waals surface area contributed by atoms with E-state index < -0.39 is 0 Å². The highest BCUT2D eigenvalue weighted by Gasteiger charge is 2.23. The molecule has 22 heavy (non-hydrogen) atoms. The van der Waals surface area contributed by atoms with Gasteiger partial charge in [-0.15, -0.1) is 0 Å². The Labute approximate surface area is 132 Å². The third-order valence-electron chi connectivity index (χ3n) is 3.97. The van der Waals surface area contributed by atoms with Gasteiger partial charge in [0.15, 0.2) is 5.96 Å². The van der Waals surface area contributed by atoms with Crippen LogP contribution in [0.15, 0.2) is 29.4 Å². The van der Waals surface area contributed by atoms with E-state index in [4.69, 9.17) is 10.5 Å². The minimum atomic E-state index is 0.492. The van der Waals surface area contributed by atoms with Crippen molar-refractivity contribution in [2.24, 2.45) is 10.7 Å². The highest BCUT2D eigenvalue weighted by molar-refractivity contribution is 5.77. The van der Waals surface area contributed by atoms with Gasteiger partial charge in [0.1, 0.15) is 0 Å². The maximum Gasteiger partial charge on any atom is 0.188 e. The van der Waals surface area contributed by atoms with Gasteiger partial charge in [-0.25, -0.2) is 0 Å². The molecule has 1 fully saturated rings. The molecule has 0 aromatic carbocycles. The molecule has 1 aromatic rings. The van der Waals surface area contributed by atoms with Gasteiger partial charge in [0.05, 0.1) is 13.2 Å². The summed E-state index contributed by atoms with van der Waals surface area (Å²) in [4.78, 5) is 11.2. The number of ether oxygens (including phenoxy) is 1. The van der Waals surface area contributed by atoms with Crippen LogP contribution in [0.2, 0.25) is 0 Å². The Morgan fingerprint density at radius 1 is 1.55 bits per heavy atom. The number of guanidine groups is 1. The Hall–Kier alpha value is -1.66. The van der Waals surface area contributed by atoms with Crippen molar-refractivity contribution in [1.29, 1.82) is 0 Å². The zero-order valence-electron chi connectivity index (χ0n) is 13.4. The fraction of sp³-hybridized carbons (Fsp3) is 0.625. The van der Waals surface area contributed by atoms with Crippen LogP contribution in [0.5, 0.6) is 0 Å². The van der Waals surface area contributed by atoms with Gasteiger partial charge in [0, 0.05) is 44.6 Å². The lowest BCUT2D eigenvalue weighted by molar-refractivity contribution is 0.143. The molecule has 2 rings (SSSR count). The van der Waals surface area contributed by atoms with Gasteiger partial charge in [-0.1, -0.05) is 6.07 Å². The molecule has 122 valence electrons. The predicted octanol–water partition coefficient (Wildman–Crippen LogP) is 0.639. The molecular formula is C16H27N5O. The smallest absolute Gasteiger partial charge is 0.188 e. The second-order valence-corrected chi connectivity index (χ2v) is 5.55. The number of hydrogen-bond donors (Lipinski definition) is 2. The summed E-state index contributed by atoms with van der Waals surface area (Å²) in [6, 6.07) is 6.42. The van der Waals surface area contributed by atoms with Crippen molar-refractivity contribution in [3.63, 3.8) is 0 Å². The minimum Gasteiger partial charge on any atom is -0.383 e. The second-order valence-electron chi connectivity index (χ2n) is 5.55. The number of hydrogen-bond acceptors (Lipinski definition) is 4.